The summed E-state index contributed by atoms with van der Waals surface area (Å²) in [6.45, 7) is 2.89. The fourth-order valence-electron chi connectivity index (χ4n) is 3.49. The van der Waals surface area contributed by atoms with Crippen LogP contribution in [0.2, 0.25) is 0 Å². The van der Waals surface area contributed by atoms with Crippen LogP contribution in [0.5, 0.6) is 0 Å². The summed E-state index contributed by atoms with van der Waals surface area (Å²) < 4.78 is 0. The Morgan fingerprint density at radius 3 is 2.24 bits per heavy atom. The maximum absolute atomic E-state index is 12.7. The molecule has 7 N–H and O–H groups in total. The van der Waals surface area contributed by atoms with Crippen molar-refractivity contribution in [3.8, 4) is 0 Å². The number of piperazine rings is 2. The molecule has 2 heterocycles. The van der Waals surface area contributed by atoms with Crippen molar-refractivity contribution in [3.63, 3.8) is 0 Å². The third kappa shape index (κ3) is 5.63. The Hall–Kier alpha value is -2.28. The summed E-state index contributed by atoms with van der Waals surface area (Å²) in [5.74, 6) is -3.47. The molecule has 0 aromatic carbocycles. The highest BCUT2D eigenvalue weighted by atomic mass is 16.4. The van der Waals surface area contributed by atoms with Gasteiger partial charge in [-0.2, -0.15) is 0 Å². The number of carbonyl (C=O) groups excluding carboxylic acids is 2. The van der Waals surface area contributed by atoms with E-state index < -0.39 is 48.3 Å². The minimum Gasteiger partial charge on any atom is -0.480 e. The molecule has 0 bridgehead atoms. The number of likely N-dealkylation sites (N-methyl/N-ethyl adjacent to an activating group) is 1. The van der Waals surface area contributed by atoms with E-state index in [0.717, 1.165) is 0 Å². The molecule has 3 atom stereocenters. The van der Waals surface area contributed by atoms with Crippen LogP contribution < -0.4 is 16.8 Å². The van der Waals surface area contributed by atoms with E-state index in [1.54, 1.807) is 4.90 Å². The van der Waals surface area contributed by atoms with Gasteiger partial charge in [0.2, 0.25) is 11.8 Å². The largest absolute Gasteiger partial charge is 0.480 e. The third-order valence-corrected chi connectivity index (χ3v) is 5.56. The number of carboxylic acid groups (broad SMARTS) is 2. The number of carboxylic acids is 2. The number of nitrogens with zero attached hydrogens (tertiary/aromatic N) is 3. The Bertz CT molecular complexity index is 652. The van der Waals surface area contributed by atoms with Gasteiger partial charge < -0.3 is 41.7 Å². The first-order valence-electron chi connectivity index (χ1n) is 9.52. The average Bonchev–Trinajstić information content (AvgIpc) is 2.68. The van der Waals surface area contributed by atoms with Gasteiger partial charge in [-0.05, 0) is 7.05 Å². The highest BCUT2D eigenvalue weighted by molar-refractivity contribution is 5.89. The number of hydrogen-bond acceptors (Lipinski definition) is 8. The zero-order valence-electron chi connectivity index (χ0n) is 16.5. The van der Waals surface area contributed by atoms with E-state index >= 15 is 0 Å². The van der Waals surface area contributed by atoms with Crippen molar-refractivity contribution >= 4 is 23.8 Å². The highest BCUT2D eigenvalue weighted by Gasteiger charge is 2.47. The van der Waals surface area contributed by atoms with Crippen LogP contribution in [-0.4, -0.2) is 119 Å². The first-order chi connectivity index (χ1) is 13.5. The lowest BCUT2D eigenvalue weighted by Crippen LogP contribution is -2.70. The second-order valence-electron chi connectivity index (χ2n) is 7.70. The van der Waals surface area contributed by atoms with Crippen molar-refractivity contribution in [1.29, 1.82) is 0 Å². The molecule has 0 radical (unpaired) electrons. The fourth-order valence-corrected chi connectivity index (χ4v) is 3.49. The maximum atomic E-state index is 12.7. The van der Waals surface area contributed by atoms with E-state index in [-0.39, 0.29) is 25.5 Å². The zero-order valence-corrected chi connectivity index (χ0v) is 16.5. The molecule has 29 heavy (non-hydrogen) atoms. The SMILES string of the molecule is CN1CCN(C(=O)C[C@@](N)(C(=O)O)C2CN(C(=O)CC(N)C(=O)O)CCN2)CC1. The van der Waals surface area contributed by atoms with Crippen LogP contribution in [0, 0.1) is 0 Å². The normalized spacial score (nSPS) is 23.9. The molecule has 12 nitrogen and oxygen atoms in total. The number of rotatable bonds is 7. The predicted octanol–water partition coefficient (Wildman–Crippen LogP) is -3.46. The Labute approximate surface area is 168 Å². The second kappa shape index (κ2) is 9.48. The summed E-state index contributed by atoms with van der Waals surface area (Å²) in [7, 11) is 1.94. The van der Waals surface area contributed by atoms with E-state index in [1.165, 1.54) is 4.90 Å². The smallest absolute Gasteiger partial charge is 0.325 e. The quantitative estimate of drug-likeness (QED) is 0.281. The van der Waals surface area contributed by atoms with E-state index in [2.05, 4.69) is 10.2 Å². The van der Waals surface area contributed by atoms with Crippen molar-refractivity contribution in [2.45, 2.75) is 30.5 Å². The van der Waals surface area contributed by atoms with E-state index in [0.29, 0.717) is 26.2 Å². The van der Waals surface area contributed by atoms with Crippen LogP contribution in [-0.2, 0) is 19.2 Å². The van der Waals surface area contributed by atoms with Crippen LogP contribution in [0.3, 0.4) is 0 Å². The number of hydrogen-bond donors (Lipinski definition) is 5. The number of nitrogens with one attached hydrogen (secondary N) is 1. The molecule has 2 rings (SSSR count). The molecule has 2 amide bonds. The Balaban J connectivity index is 2.06. The number of amides is 2. The predicted molar refractivity (Wildman–Crippen MR) is 102 cm³/mol. The lowest BCUT2D eigenvalue weighted by Gasteiger charge is -2.42. The lowest BCUT2D eigenvalue weighted by molar-refractivity contribution is -0.151. The summed E-state index contributed by atoms with van der Waals surface area (Å²) in [5.41, 5.74) is 9.69. The summed E-state index contributed by atoms with van der Waals surface area (Å²) in [4.78, 5) is 52.9. The molecule has 2 saturated heterocycles. The third-order valence-electron chi connectivity index (χ3n) is 5.56. The molecule has 164 valence electrons. The van der Waals surface area contributed by atoms with Gasteiger partial charge in [-0.25, -0.2) is 0 Å². The van der Waals surface area contributed by atoms with Crippen LogP contribution in [0.1, 0.15) is 12.8 Å². The standard InChI is InChI=1S/C17H30N6O6/c1-21-4-6-22(7-5-21)14(25)9-17(19,16(28)29)12-10-23(3-2-20-12)13(24)8-11(18)15(26)27/h11-12,20H,2-10,18-19H2,1H3,(H,26,27)(H,28,29)/t11?,12?,17-/m0/s1. The van der Waals surface area contributed by atoms with Gasteiger partial charge in [-0.1, -0.05) is 0 Å². The fraction of sp³-hybridized carbons (Fsp3) is 0.765. The first kappa shape index (κ1) is 23.0. The Kier molecular flexibility index (Phi) is 7.52. The highest BCUT2D eigenvalue weighted by Crippen LogP contribution is 2.20. The van der Waals surface area contributed by atoms with Gasteiger partial charge in [0.1, 0.15) is 11.6 Å². The van der Waals surface area contributed by atoms with Crippen molar-refractivity contribution in [2.75, 3.05) is 52.9 Å². The molecule has 2 aliphatic heterocycles. The Morgan fingerprint density at radius 2 is 1.69 bits per heavy atom. The van der Waals surface area contributed by atoms with Crippen molar-refractivity contribution < 1.29 is 29.4 Å². The number of carbonyl (C=O) groups is 4. The minimum absolute atomic E-state index is 0.0516. The summed E-state index contributed by atoms with van der Waals surface area (Å²) in [5, 5.41) is 21.6. The molecule has 0 saturated carbocycles. The number of nitrogens with two attached hydrogens (primary N) is 2. The van der Waals surface area contributed by atoms with Gasteiger partial charge in [0.25, 0.3) is 0 Å². The van der Waals surface area contributed by atoms with Crippen molar-refractivity contribution in [1.82, 2.24) is 20.0 Å². The van der Waals surface area contributed by atoms with Crippen LogP contribution >= 0.6 is 0 Å². The van der Waals surface area contributed by atoms with Gasteiger partial charge in [-0.15, -0.1) is 0 Å². The molecule has 0 aromatic rings. The summed E-state index contributed by atoms with van der Waals surface area (Å²) in [6.07, 6.45) is -0.798. The van der Waals surface area contributed by atoms with Crippen LogP contribution in [0.4, 0.5) is 0 Å². The van der Waals surface area contributed by atoms with Crippen molar-refractivity contribution in [2.24, 2.45) is 11.5 Å². The van der Waals surface area contributed by atoms with Gasteiger partial charge in [0, 0.05) is 45.8 Å². The average molecular weight is 414 g/mol. The Morgan fingerprint density at radius 1 is 1.07 bits per heavy atom. The molecule has 0 spiro atoms. The van der Waals surface area contributed by atoms with E-state index in [4.69, 9.17) is 16.6 Å². The minimum atomic E-state index is -1.91. The van der Waals surface area contributed by atoms with Gasteiger partial charge in [-0.3, -0.25) is 19.2 Å². The molecule has 2 aliphatic rings. The maximum Gasteiger partial charge on any atom is 0.325 e. The monoisotopic (exact) mass is 414 g/mol. The zero-order chi connectivity index (χ0) is 21.8. The molecule has 0 aromatic heterocycles. The van der Waals surface area contributed by atoms with E-state index in [1.807, 2.05) is 7.05 Å². The lowest BCUT2D eigenvalue weighted by atomic mass is 9.85. The van der Waals surface area contributed by atoms with E-state index in [9.17, 15) is 24.3 Å². The van der Waals surface area contributed by atoms with Crippen LogP contribution in [0.25, 0.3) is 0 Å². The molecule has 12 heteroatoms. The summed E-state index contributed by atoms with van der Waals surface area (Å²) >= 11 is 0. The second-order valence-corrected chi connectivity index (χ2v) is 7.70. The van der Waals surface area contributed by atoms with Crippen molar-refractivity contribution in [3.05, 3.63) is 0 Å². The topological polar surface area (TPSA) is 183 Å². The summed E-state index contributed by atoms with van der Waals surface area (Å²) in [6, 6.07) is -2.20. The molecule has 2 fully saturated rings. The molecular formula is C17H30N6O6. The van der Waals surface area contributed by atoms with Gasteiger partial charge in [0.05, 0.1) is 18.9 Å². The van der Waals surface area contributed by atoms with Gasteiger partial charge in [0.15, 0.2) is 0 Å². The first-order valence-corrected chi connectivity index (χ1v) is 9.52. The number of aliphatic carboxylic acids is 2. The molecular weight excluding hydrogens is 384 g/mol. The molecule has 2 unspecified atom stereocenters. The van der Waals surface area contributed by atoms with Gasteiger partial charge >= 0.3 is 11.9 Å². The molecule has 0 aliphatic carbocycles. The van der Waals surface area contributed by atoms with Crippen LogP contribution in [0.15, 0.2) is 0 Å².